The normalized spacial score (nSPS) is 18.8. The number of nitrogens with zero attached hydrogens (tertiary/aromatic N) is 2. The molecule has 102 valence electrons. The summed E-state index contributed by atoms with van der Waals surface area (Å²) < 4.78 is 2.35. The van der Waals surface area contributed by atoms with Crippen LogP contribution in [0.3, 0.4) is 0 Å². The highest BCUT2D eigenvalue weighted by Crippen LogP contribution is 2.30. The fourth-order valence-corrected chi connectivity index (χ4v) is 3.40. The molecule has 18 heavy (non-hydrogen) atoms. The van der Waals surface area contributed by atoms with Crippen molar-refractivity contribution in [2.75, 3.05) is 23.9 Å². The minimum atomic E-state index is 0.666. The Morgan fingerprint density at radius 2 is 2.22 bits per heavy atom. The first-order valence-corrected chi connectivity index (χ1v) is 8.46. The van der Waals surface area contributed by atoms with Crippen molar-refractivity contribution < 1.29 is 0 Å². The Bertz CT molecular complexity index is 345. The smallest absolute Gasteiger partial charge is 0.203 e. The second-order valence-electron chi connectivity index (χ2n) is 5.39. The van der Waals surface area contributed by atoms with Crippen LogP contribution in [-0.2, 0) is 0 Å². The van der Waals surface area contributed by atoms with Crippen LogP contribution >= 0.6 is 11.8 Å². The van der Waals surface area contributed by atoms with Crippen molar-refractivity contribution in [3.05, 3.63) is 12.4 Å². The molecule has 1 unspecified atom stereocenters. The molecule has 1 fully saturated rings. The van der Waals surface area contributed by atoms with Gasteiger partial charge >= 0.3 is 0 Å². The Balaban J connectivity index is 1.90. The predicted octanol–water partition coefficient (Wildman–Crippen LogP) is 3.80. The summed E-state index contributed by atoms with van der Waals surface area (Å²) in [6.07, 6.45) is 13.0. The number of aromatic nitrogens is 2. The second-order valence-corrected chi connectivity index (χ2v) is 6.30. The van der Waals surface area contributed by atoms with E-state index in [1.807, 2.05) is 18.0 Å². The van der Waals surface area contributed by atoms with Crippen molar-refractivity contribution >= 4 is 17.7 Å². The van der Waals surface area contributed by atoms with Crippen molar-refractivity contribution in [2.45, 2.75) is 45.1 Å². The molecule has 0 aromatic carbocycles. The van der Waals surface area contributed by atoms with Gasteiger partial charge in [0, 0.05) is 25.0 Å². The molecular weight excluding hydrogens is 242 g/mol. The highest BCUT2D eigenvalue weighted by atomic mass is 32.2. The van der Waals surface area contributed by atoms with Crippen LogP contribution in [0.2, 0.25) is 0 Å². The van der Waals surface area contributed by atoms with Crippen molar-refractivity contribution in [3.63, 3.8) is 0 Å². The first kappa shape index (κ1) is 13.8. The Kier molecular flexibility index (Phi) is 5.42. The van der Waals surface area contributed by atoms with Gasteiger partial charge in [-0.2, -0.15) is 11.8 Å². The molecule has 1 aromatic rings. The Morgan fingerprint density at radius 1 is 1.44 bits per heavy atom. The molecule has 1 N–H and O–H groups in total. The molecule has 0 amide bonds. The molecule has 1 atom stereocenters. The maximum atomic E-state index is 4.47. The van der Waals surface area contributed by atoms with Crippen LogP contribution in [0, 0.1) is 5.92 Å². The molecule has 0 aliphatic heterocycles. The van der Waals surface area contributed by atoms with Crippen LogP contribution in [0.4, 0.5) is 5.95 Å². The van der Waals surface area contributed by atoms with Crippen LogP contribution in [0.15, 0.2) is 12.4 Å². The lowest BCUT2D eigenvalue weighted by Gasteiger charge is -2.25. The van der Waals surface area contributed by atoms with Gasteiger partial charge in [-0.3, -0.25) is 0 Å². The van der Waals surface area contributed by atoms with Gasteiger partial charge in [-0.05, 0) is 30.8 Å². The van der Waals surface area contributed by atoms with E-state index in [1.165, 1.54) is 37.9 Å². The quantitative estimate of drug-likeness (QED) is 0.850. The highest BCUT2D eigenvalue weighted by Gasteiger charge is 2.17. The minimum Gasteiger partial charge on any atom is -0.355 e. The van der Waals surface area contributed by atoms with Crippen molar-refractivity contribution in [1.29, 1.82) is 0 Å². The molecule has 4 heteroatoms. The fourth-order valence-electron chi connectivity index (χ4n) is 2.71. The Morgan fingerprint density at radius 3 is 2.94 bits per heavy atom. The number of hydrogen-bond acceptors (Lipinski definition) is 3. The number of hydrogen-bond donors (Lipinski definition) is 1. The van der Waals surface area contributed by atoms with Crippen LogP contribution in [0.1, 0.15) is 45.1 Å². The standard InChI is InChI=1S/C14H25N3S/c1-12(11-18-2)10-16-14-15-8-9-17(14)13-6-4-3-5-7-13/h8-9,12-13H,3-7,10-11H2,1-2H3,(H,15,16). The lowest BCUT2D eigenvalue weighted by molar-refractivity contribution is 0.355. The molecule has 0 saturated heterocycles. The maximum Gasteiger partial charge on any atom is 0.203 e. The number of anilines is 1. The molecule has 3 nitrogen and oxygen atoms in total. The lowest BCUT2D eigenvalue weighted by Crippen LogP contribution is -2.19. The zero-order chi connectivity index (χ0) is 12.8. The summed E-state index contributed by atoms with van der Waals surface area (Å²) in [4.78, 5) is 4.47. The summed E-state index contributed by atoms with van der Waals surface area (Å²) in [7, 11) is 0. The van der Waals surface area contributed by atoms with E-state index in [0.29, 0.717) is 12.0 Å². The van der Waals surface area contributed by atoms with Crippen molar-refractivity contribution in [1.82, 2.24) is 9.55 Å². The molecule has 1 aromatic heterocycles. The van der Waals surface area contributed by atoms with E-state index in [-0.39, 0.29) is 0 Å². The van der Waals surface area contributed by atoms with Crippen molar-refractivity contribution in [3.8, 4) is 0 Å². The number of rotatable bonds is 6. The molecule has 1 aliphatic rings. The van der Waals surface area contributed by atoms with Crippen molar-refractivity contribution in [2.24, 2.45) is 5.92 Å². The van der Waals surface area contributed by atoms with Gasteiger partial charge in [0.1, 0.15) is 0 Å². The third-order valence-electron chi connectivity index (χ3n) is 3.70. The third kappa shape index (κ3) is 3.67. The first-order chi connectivity index (χ1) is 8.81. The minimum absolute atomic E-state index is 0.666. The fraction of sp³-hybridized carbons (Fsp3) is 0.786. The van der Waals surface area contributed by atoms with E-state index in [9.17, 15) is 0 Å². The summed E-state index contributed by atoms with van der Waals surface area (Å²) in [5.41, 5.74) is 0. The summed E-state index contributed by atoms with van der Waals surface area (Å²) >= 11 is 1.91. The zero-order valence-electron chi connectivity index (χ0n) is 11.6. The monoisotopic (exact) mass is 267 g/mol. The van der Waals surface area contributed by atoms with Gasteiger partial charge in [0.15, 0.2) is 0 Å². The lowest BCUT2D eigenvalue weighted by atomic mass is 9.95. The average molecular weight is 267 g/mol. The average Bonchev–Trinajstić information content (AvgIpc) is 2.86. The van der Waals surface area contributed by atoms with Crippen LogP contribution in [0.5, 0.6) is 0 Å². The van der Waals surface area contributed by atoms with Gasteiger partial charge in [0.05, 0.1) is 0 Å². The van der Waals surface area contributed by atoms with E-state index >= 15 is 0 Å². The summed E-state index contributed by atoms with van der Waals surface area (Å²) in [6.45, 7) is 3.31. The number of imidazole rings is 1. The van der Waals surface area contributed by atoms with Gasteiger partial charge in [0.2, 0.25) is 5.95 Å². The molecule has 0 bridgehead atoms. The molecular formula is C14H25N3S. The predicted molar refractivity (Wildman–Crippen MR) is 80.4 cm³/mol. The zero-order valence-corrected chi connectivity index (χ0v) is 12.4. The molecule has 0 radical (unpaired) electrons. The van der Waals surface area contributed by atoms with E-state index in [1.54, 1.807) is 0 Å². The van der Waals surface area contributed by atoms with Gasteiger partial charge in [-0.15, -0.1) is 0 Å². The van der Waals surface area contributed by atoms with Gasteiger partial charge < -0.3 is 9.88 Å². The Hall–Kier alpha value is -0.640. The third-order valence-corrected chi connectivity index (χ3v) is 4.60. The number of nitrogens with one attached hydrogen (secondary N) is 1. The van der Waals surface area contributed by atoms with Gasteiger partial charge in [-0.1, -0.05) is 26.2 Å². The molecule has 1 aliphatic carbocycles. The van der Waals surface area contributed by atoms with E-state index in [0.717, 1.165) is 12.5 Å². The van der Waals surface area contributed by atoms with E-state index < -0.39 is 0 Å². The summed E-state index contributed by atoms with van der Waals surface area (Å²) in [5, 5.41) is 3.51. The second kappa shape index (κ2) is 7.07. The molecule has 0 spiro atoms. The first-order valence-electron chi connectivity index (χ1n) is 7.07. The molecule has 1 heterocycles. The van der Waals surface area contributed by atoms with E-state index in [4.69, 9.17) is 0 Å². The summed E-state index contributed by atoms with van der Waals surface area (Å²) in [6, 6.07) is 0.666. The summed E-state index contributed by atoms with van der Waals surface area (Å²) in [5.74, 6) is 2.96. The number of thioether (sulfide) groups is 1. The van der Waals surface area contributed by atoms with Crippen LogP contribution < -0.4 is 5.32 Å². The highest BCUT2D eigenvalue weighted by molar-refractivity contribution is 7.98. The molecule has 2 rings (SSSR count). The molecule has 1 saturated carbocycles. The van der Waals surface area contributed by atoms with E-state index in [2.05, 4.69) is 34.2 Å². The SMILES string of the molecule is CSCC(C)CNc1nccn1C1CCCCC1. The van der Waals surface area contributed by atoms with Gasteiger partial charge in [-0.25, -0.2) is 4.98 Å². The van der Waals surface area contributed by atoms with Crippen LogP contribution in [0.25, 0.3) is 0 Å². The van der Waals surface area contributed by atoms with Gasteiger partial charge in [0.25, 0.3) is 0 Å². The Labute approximate surface area is 115 Å². The van der Waals surface area contributed by atoms with Crippen LogP contribution in [-0.4, -0.2) is 28.1 Å². The largest absolute Gasteiger partial charge is 0.355 e. The topological polar surface area (TPSA) is 29.9 Å². The maximum absolute atomic E-state index is 4.47.